The van der Waals surface area contributed by atoms with Gasteiger partial charge in [-0.2, -0.15) is 0 Å². The SMILES string of the molecule is OB(O)c1cccc2ccc(Br)cc12. The van der Waals surface area contributed by atoms with Crippen molar-refractivity contribution in [2.24, 2.45) is 0 Å². The normalized spacial score (nSPS) is 10.5. The first kappa shape index (κ1) is 9.71. The molecule has 0 spiro atoms. The summed E-state index contributed by atoms with van der Waals surface area (Å²) < 4.78 is 0.929. The molecule has 0 heterocycles. The van der Waals surface area contributed by atoms with Gasteiger partial charge in [0.2, 0.25) is 0 Å². The third kappa shape index (κ3) is 1.69. The molecule has 2 aromatic rings. The smallest absolute Gasteiger partial charge is 0.423 e. The van der Waals surface area contributed by atoms with Gasteiger partial charge in [-0.3, -0.25) is 0 Å². The monoisotopic (exact) mass is 250 g/mol. The van der Waals surface area contributed by atoms with E-state index >= 15 is 0 Å². The maximum Gasteiger partial charge on any atom is 0.489 e. The van der Waals surface area contributed by atoms with Crippen LogP contribution in [0, 0.1) is 0 Å². The van der Waals surface area contributed by atoms with Crippen molar-refractivity contribution in [2.75, 3.05) is 0 Å². The molecule has 0 aromatic heterocycles. The van der Waals surface area contributed by atoms with E-state index in [9.17, 15) is 0 Å². The number of hydrogen-bond donors (Lipinski definition) is 2. The number of fused-ring (bicyclic) bond motifs is 1. The van der Waals surface area contributed by atoms with Gasteiger partial charge in [0.1, 0.15) is 0 Å². The summed E-state index contributed by atoms with van der Waals surface area (Å²) in [7, 11) is -1.42. The average Bonchev–Trinajstić information content (AvgIpc) is 2.16. The quantitative estimate of drug-likeness (QED) is 0.749. The zero-order chi connectivity index (χ0) is 10.1. The van der Waals surface area contributed by atoms with Crippen LogP contribution in [-0.2, 0) is 0 Å². The van der Waals surface area contributed by atoms with E-state index in [1.807, 2.05) is 30.3 Å². The Hall–Kier alpha value is -0.835. The predicted octanol–water partition coefficient (Wildman–Crippen LogP) is 1.28. The summed E-state index contributed by atoms with van der Waals surface area (Å²) in [4.78, 5) is 0. The molecule has 0 aliphatic carbocycles. The molecule has 0 saturated carbocycles. The lowest BCUT2D eigenvalue weighted by Crippen LogP contribution is -2.30. The van der Waals surface area contributed by atoms with Crippen molar-refractivity contribution in [1.82, 2.24) is 0 Å². The third-order valence-corrected chi connectivity index (χ3v) is 2.65. The first-order valence-corrected chi connectivity index (χ1v) is 5.02. The first-order valence-electron chi connectivity index (χ1n) is 4.23. The van der Waals surface area contributed by atoms with Gasteiger partial charge in [0.05, 0.1) is 0 Å². The highest BCUT2D eigenvalue weighted by Gasteiger charge is 2.13. The van der Waals surface area contributed by atoms with Crippen molar-refractivity contribution in [2.45, 2.75) is 0 Å². The molecule has 2 nitrogen and oxygen atoms in total. The van der Waals surface area contributed by atoms with E-state index in [-0.39, 0.29) is 0 Å². The van der Waals surface area contributed by atoms with Gasteiger partial charge in [-0.05, 0) is 28.4 Å². The topological polar surface area (TPSA) is 40.5 Å². The highest BCUT2D eigenvalue weighted by atomic mass is 79.9. The van der Waals surface area contributed by atoms with E-state index in [0.29, 0.717) is 5.46 Å². The van der Waals surface area contributed by atoms with Crippen LogP contribution in [0.15, 0.2) is 40.9 Å². The molecule has 2 N–H and O–H groups in total. The molecule has 70 valence electrons. The first-order chi connectivity index (χ1) is 6.68. The second kappa shape index (κ2) is 3.73. The Bertz CT molecular complexity index is 471. The second-order valence-corrected chi connectivity index (χ2v) is 4.00. The van der Waals surface area contributed by atoms with Crippen LogP contribution in [0.5, 0.6) is 0 Å². The lowest BCUT2D eigenvalue weighted by molar-refractivity contribution is 0.426. The summed E-state index contributed by atoms with van der Waals surface area (Å²) in [5.74, 6) is 0. The molecule has 0 bridgehead atoms. The average molecular weight is 251 g/mol. The molecule has 14 heavy (non-hydrogen) atoms. The summed E-state index contributed by atoms with van der Waals surface area (Å²) in [5.41, 5.74) is 0.531. The summed E-state index contributed by atoms with van der Waals surface area (Å²) in [6.07, 6.45) is 0. The largest absolute Gasteiger partial charge is 0.489 e. The van der Waals surface area contributed by atoms with E-state index in [1.54, 1.807) is 6.07 Å². The maximum atomic E-state index is 9.15. The Morgan fingerprint density at radius 1 is 1.07 bits per heavy atom. The van der Waals surface area contributed by atoms with E-state index in [4.69, 9.17) is 10.0 Å². The molecule has 0 unspecified atom stereocenters. The van der Waals surface area contributed by atoms with E-state index < -0.39 is 7.12 Å². The zero-order valence-corrected chi connectivity index (χ0v) is 8.90. The number of rotatable bonds is 1. The van der Waals surface area contributed by atoms with E-state index in [1.165, 1.54) is 0 Å². The van der Waals surface area contributed by atoms with Crippen molar-refractivity contribution in [3.8, 4) is 0 Å². The van der Waals surface area contributed by atoms with Crippen LogP contribution in [0.3, 0.4) is 0 Å². The Morgan fingerprint density at radius 2 is 1.86 bits per heavy atom. The number of halogens is 1. The standard InChI is InChI=1S/C10H8BBrO2/c12-8-5-4-7-2-1-3-10(11(13)14)9(7)6-8/h1-6,13-14H. The molecular formula is C10H8BBrO2. The van der Waals surface area contributed by atoms with Crippen molar-refractivity contribution in [3.05, 3.63) is 40.9 Å². The molecule has 2 rings (SSSR count). The van der Waals surface area contributed by atoms with Crippen LogP contribution >= 0.6 is 15.9 Å². The molecular weight excluding hydrogens is 243 g/mol. The lowest BCUT2D eigenvalue weighted by atomic mass is 9.77. The predicted molar refractivity (Wildman–Crippen MR) is 61.5 cm³/mol. The second-order valence-electron chi connectivity index (χ2n) is 3.09. The highest BCUT2D eigenvalue weighted by molar-refractivity contribution is 9.10. The number of benzene rings is 2. The van der Waals surface area contributed by atoms with Gasteiger partial charge < -0.3 is 10.0 Å². The summed E-state index contributed by atoms with van der Waals surface area (Å²) >= 11 is 3.35. The van der Waals surface area contributed by atoms with Crippen LogP contribution in [0.1, 0.15) is 0 Å². The molecule has 0 amide bonds. The van der Waals surface area contributed by atoms with Crippen LogP contribution < -0.4 is 5.46 Å². The van der Waals surface area contributed by atoms with Gasteiger partial charge in [-0.1, -0.05) is 40.2 Å². The van der Waals surface area contributed by atoms with Gasteiger partial charge in [0.25, 0.3) is 0 Å². The molecule has 4 heteroatoms. The molecule has 2 aromatic carbocycles. The Labute approximate surface area is 90.5 Å². The minimum absolute atomic E-state index is 0.531. The summed E-state index contributed by atoms with van der Waals surface area (Å²) in [6.45, 7) is 0. The zero-order valence-electron chi connectivity index (χ0n) is 7.31. The minimum Gasteiger partial charge on any atom is -0.423 e. The van der Waals surface area contributed by atoms with Crippen molar-refractivity contribution >= 4 is 39.3 Å². The third-order valence-electron chi connectivity index (χ3n) is 2.16. The van der Waals surface area contributed by atoms with Gasteiger partial charge >= 0.3 is 7.12 Å². The van der Waals surface area contributed by atoms with Crippen molar-refractivity contribution < 1.29 is 10.0 Å². The molecule has 0 aliphatic heterocycles. The lowest BCUT2D eigenvalue weighted by Gasteiger charge is -2.05. The molecule has 0 radical (unpaired) electrons. The van der Waals surface area contributed by atoms with E-state index in [2.05, 4.69) is 15.9 Å². The van der Waals surface area contributed by atoms with Crippen LogP contribution in [0.25, 0.3) is 10.8 Å². The number of hydrogen-bond acceptors (Lipinski definition) is 2. The Kier molecular flexibility index (Phi) is 2.59. The fourth-order valence-corrected chi connectivity index (χ4v) is 1.86. The Morgan fingerprint density at radius 3 is 2.57 bits per heavy atom. The fourth-order valence-electron chi connectivity index (χ4n) is 1.49. The van der Waals surface area contributed by atoms with Crippen molar-refractivity contribution in [1.29, 1.82) is 0 Å². The van der Waals surface area contributed by atoms with E-state index in [0.717, 1.165) is 15.2 Å². The van der Waals surface area contributed by atoms with Gasteiger partial charge in [0.15, 0.2) is 0 Å². The maximum absolute atomic E-state index is 9.15. The molecule has 0 aliphatic rings. The van der Waals surface area contributed by atoms with Crippen LogP contribution in [-0.4, -0.2) is 17.2 Å². The van der Waals surface area contributed by atoms with Crippen LogP contribution in [0.2, 0.25) is 0 Å². The molecule has 0 fully saturated rings. The summed E-state index contributed by atoms with van der Waals surface area (Å²) in [6, 6.07) is 11.2. The van der Waals surface area contributed by atoms with Gasteiger partial charge in [0, 0.05) is 4.47 Å². The highest BCUT2D eigenvalue weighted by Crippen LogP contribution is 2.18. The molecule has 0 atom stereocenters. The van der Waals surface area contributed by atoms with Gasteiger partial charge in [-0.25, -0.2) is 0 Å². The Balaban J connectivity index is 2.77. The van der Waals surface area contributed by atoms with Crippen molar-refractivity contribution in [3.63, 3.8) is 0 Å². The minimum atomic E-state index is -1.42. The fraction of sp³-hybridized carbons (Fsp3) is 0. The summed E-state index contributed by atoms with van der Waals surface area (Å²) in [5, 5.41) is 20.2. The molecule has 0 saturated heterocycles. The van der Waals surface area contributed by atoms with Gasteiger partial charge in [-0.15, -0.1) is 0 Å². The van der Waals surface area contributed by atoms with Crippen LogP contribution in [0.4, 0.5) is 0 Å².